The van der Waals surface area contributed by atoms with E-state index in [1.54, 1.807) is 11.3 Å². The largest absolute Gasteiger partial charge is 0.456 e. The summed E-state index contributed by atoms with van der Waals surface area (Å²) < 4.78 is 6.11. The number of nitro groups is 1. The third-order valence-electron chi connectivity index (χ3n) is 4.06. The van der Waals surface area contributed by atoms with Gasteiger partial charge in [0.1, 0.15) is 0 Å². The first kappa shape index (κ1) is 20.4. The lowest BCUT2D eigenvalue weighted by Gasteiger charge is -2.06. The average molecular weight is 413 g/mol. The summed E-state index contributed by atoms with van der Waals surface area (Å²) in [4.78, 5) is 38.4. The van der Waals surface area contributed by atoms with E-state index < -0.39 is 23.4 Å². The molecule has 1 amide bonds. The van der Waals surface area contributed by atoms with Gasteiger partial charge in [0.15, 0.2) is 6.61 Å². The normalized spacial score (nSPS) is 10.6. The number of esters is 1. The summed E-state index contributed by atoms with van der Waals surface area (Å²) >= 11 is 1.65. The third-order valence-corrected chi connectivity index (χ3v) is 5.16. The molecule has 1 aromatic heterocycles. The number of benzene rings is 2. The van der Waals surface area contributed by atoms with E-state index in [0.717, 1.165) is 28.1 Å². The van der Waals surface area contributed by atoms with Crippen molar-refractivity contribution in [3.8, 4) is 0 Å². The Morgan fingerprint density at radius 3 is 2.76 bits per heavy atom. The fourth-order valence-corrected chi connectivity index (χ4v) is 3.69. The minimum atomic E-state index is -0.552. The molecule has 0 unspecified atom stereocenters. The summed E-state index contributed by atoms with van der Waals surface area (Å²) in [6.45, 7) is -0.431. The lowest BCUT2D eigenvalue weighted by atomic mass is 10.2. The van der Waals surface area contributed by atoms with Crippen LogP contribution in [0.15, 0.2) is 48.5 Å². The Labute approximate surface area is 170 Å². The molecular formula is C20H19N3O5S. The molecule has 3 rings (SSSR count). The van der Waals surface area contributed by atoms with Crippen LogP contribution in [0.5, 0.6) is 0 Å². The summed E-state index contributed by atoms with van der Waals surface area (Å²) in [5.74, 6) is -1.00. The molecule has 0 saturated heterocycles. The smallest absolute Gasteiger partial charge is 0.306 e. The van der Waals surface area contributed by atoms with Crippen LogP contribution < -0.4 is 5.32 Å². The predicted molar refractivity (Wildman–Crippen MR) is 110 cm³/mol. The zero-order valence-corrected chi connectivity index (χ0v) is 16.3. The molecule has 8 nitrogen and oxygen atoms in total. The Morgan fingerprint density at radius 2 is 1.97 bits per heavy atom. The second-order valence-corrected chi connectivity index (χ2v) is 7.41. The first-order valence-electron chi connectivity index (χ1n) is 9.05. The number of nitro benzene ring substituents is 1. The van der Waals surface area contributed by atoms with Crippen LogP contribution in [0.3, 0.4) is 0 Å². The molecule has 0 saturated carbocycles. The minimum Gasteiger partial charge on any atom is -0.456 e. The zero-order valence-electron chi connectivity index (χ0n) is 15.5. The highest BCUT2D eigenvalue weighted by Crippen LogP contribution is 2.23. The number of hydrogen-bond donors (Lipinski definition) is 1. The summed E-state index contributed by atoms with van der Waals surface area (Å²) in [6, 6.07) is 13.5. The Balaban J connectivity index is 1.34. The van der Waals surface area contributed by atoms with Gasteiger partial charge in [0.05, 0.1) is 20.1 Å². The number of para-hydroxylation sites is 1. The van der Waals surface area contributed by atoms with Gasteiger partial charge in [0.2, 0.25) is 0 Å². The Hall–Kier alpha value is -3.33. The molecule has 0 spiro atoms. The van der Waals surface area contributed by atoms with Crippen LogP contribution in [0, 0.1) is 10.1 Å². The van der Waals surface area contributed by atoms with Gasteiger partial charge < -0.3 is 10.1 Å². The van der Waals surface area contributed by atoms with E-state index in [9.17, 15) is 19.7 Å². The molecule has 0 radical (unpaired) electrons. The lowest BCUT2D eigenvalue weighted by molar-refractivity contribution is -0.384. The van der Waals surface area contributed by atoms with Crippen molar-refractivity contribution in [2.75, 3.05) is 11.9 Å². The van der Waals surface area contributed by atoms with Gasteiger partial charge in [-0.25, -0.2) is 4.98 Å². The van der Waals surface area contributed by atoms with Gasteiger partial charge >= 0.3 is 5.97 Å². The molecule has 0 bridgehead atoms. The first-order chi connectivity index (χ1) is 14.0. The minimum absolute atomic E-state index is 0.132. The molecular weight excluding hydrogens is 394 g/mol. The van der Waals surface area contributed by atoms with Gasteiger partial charge in [-0.15, -0.1) is 11.3 Å². The maximum atomic E-state index is 11.8. The fraction of sp³-hybridized carbons (Fsp3) is 0.250. The molecule has 0 aliphatic heterocycles. The van der Waals surface area contributed by atoms with Crippen molar-refractivity contribution in [2.45, 2.75) is 25.7 Å². The van der Waals surface area contributed by atoms with Crippen LogP contribution in [0.25, 0.3) is 10.2 Å². The maximum Gasteiger partial charge on any atom is 0.306 e. The van der Waals surface area contributed by atoms with Gasteiger partial charge in [0, 0.05) is 24.2 Å². The third kappa shape index (κ3) is 6.08. The number of anilines is 1. The number of rotatable bonds is 9. The molecule has 2 aromatic carbocycles. The van der Waals surface area contributed by atoms with Crippen LogP contribution in [0.4, 0.5) is 11.4 Å². The second kappa shape index (κ2) is 9.74. The van der Waals surface area contributed by atoms with Crippen molar-refractivity contribution >= 4 is 44.8 Å². The number of aryl methyl sites for hydroxylation is 1. The van der Waals surface area contributed by atoms with Crippen LogP contribution in [0.1, 0.15) is 24.3 Å². The number of carbonyl (C=O) groups is 2. The number of thiazole rings is 1. The van der Waals surface area contributed by atoms with E-state index in [1.807, 2.05) is 24.3 Å². The van der Waals surface area contributed by atoms with E-state index in [0.29, 0.717) is 6.42 Å². The average Bonchev–Trinajstić information content (AvgIpc) is 3.13. The molecule has 29 heavy (non-hydrogen) atoms. The Bertz CT molecular complexity index is 1000. The van der Waals surface area contributed by atoms with Crippen molar-refractivity contribution in [3.05, 3.63) is 63.7 Å². The standard InChI is InChI=1S/C20H19N3O5S/c24-18(21-14-6-5-7-15(12-14)23(26)27)13-28-20(25)11-4-3-10-19-22-16-8-1-2-9-17(16)29-19/h1-2,5-9,12H,3-4,10-11,13H2,(H,21,24). The highest BCUT2D eigenvalue weighted by molar-refractivity contribution is 7.18. The molecule has 1 N–H and O–H groups in total. The van der Waals surface area contributed by atoms with E-state index >= 15 is 0 Å². The lowest BCUT2D eigenvalue weighted by Crippen LogP contribution is -2.20. The maximum absolute atomic E-state index is 11.8. The fourth-order valence-electron chi connectivity index (χ4n) is 2.68. The number of amides is 1. The molecule has 0 atom stereocenters. The quantitative estimate of drug-likeness (QED) is 0.245. The van der Waals surface area contributed by atoms with Gasteiger partial charge in [-0.3, -0.25) is 19.7 Å². The topological polar surface area (TPSA) is 111 Å². The molecule has 9 heteroatoms. The van der Waals surface area contributed by atoms with E-state index in [1.165, 1.54) is 24.3 Å². The number of nitrogens with zero attached hydrogens (tertiary/aromatic N) is 2. The van der Waals surface area contributed by atoms with Crippen molar-refractivity contribution in [3.63, 3.8) is 0 Å². The van der Waals surface area contributed by atoms with Gasteiger partial charge in [-0.1, -0.05) is 18.2 Å². The number of hydrogen-bond acceptors (Lipinski definition) is 7. The highest BCUT2D eigenvalue weighted by atomic mass is 32.1. The Kier molecular flexibility index (Phi) is 6.85. The number of fused-ring (bicyclic) bond motifs is 1. The Morgan fingerprint density at radius 1 is 1.14 bits per heavy atom. The van der Waals surface area contributed by atoms with E-state index in [2.05, 4.69) is 10.3 Å². The van der Waals surface area contributed by atoms with Crippen LogP contribution >= 0.6 is 11.3 Å². The van der Waals surface area contributed by atoms with Crippen LogP contribution in [0.2, 0.25) is 0 Å². The molecule has 0 fully saturated rings. The monoisotopic (exact) mass is 413 g/mol. The molecule has 0 aliphatic carbocycles. The van der Waals surface area contributed by atoms with Crippen molar-refractivity contribution < 1.29 is 19.2 Å². The number of unbranched alkanes of at least 4 members (excludes halogenated alkanes) is 1. The second-order valence-electron chi connectivity index (χ2n) is 6.30. The number of nitrogens with one attached hydrogen (secondary N) is 1. The van der Waals surface area contributed by atoms with Crippen molar-refractivity contribution in [1.29, 1.82) is 0 Å². The van der Waals surface area contributed by atoms with E-state index in [4.69, 9.17) is 4.74 Å². The van der Waals surface area contributed by atoms with Crippen molar-refractivity contribution in [1.82, 2.24) is 4.98 Å². The summed E-state index contributed by atoms with van der Waals surface area (Å²) in [6.07, 6.45) is 2.45. The molecule has 150 valence electrons. The van der Waals surface area contributed by atoms with E-state index in [-0.39, 0.29) is 17.8 Å². The van der Waals surface area contributed by atoms with Crippen LogP contribution in [-0.4, -0.2) is 28.4 Å². The number of carbonyl (C=O) groups excluding carboxylic acids is 2. The zero-order chi connectivity index (χ0) is 20.6. The number of aromatic nitrogens is 1. The highest BCUT2D eigenvalue weighted by Gasteiger charge is 2.11. The van der Waals surface area contributed by atoms with Crippen molar-refractivity contribution in [2.24, 2.45) is 0 Å². The summed E-state index contributed by atoms with van der Waals surface area (Å²) in [5.41, 5.74) is 1.13. The van der Waals surface area contributed by atoms with Gasteiger partial charge in [-0.05, 0) is 37.5 Å². The summed E-state index contributed by atoms with van der Waals surface area (Å²) in [5, 5.41) is 14.2. The predicted octanol–water partition coefficient (Wildman–Crippen LogP) is 4.10. The molecule has 0 aliphatic rings. The molecule has 1 heterocycles. The van der Waals surface area contributed by atoms with Crippen LogP contribution in [-0.2, 0) is 20.7 Å². The van der Waals surface area contributed by atoms with Gasteiger partial charge in [-0.2, -0.15) is 0 Å². The SMILES string of the molecule is O=C(COC(=O)CCCCc1nc2ccccc2s1)Nc1cccc([N+](=O)[O-])c1. The van der Waals surface area contributed by atoms with Gasteiger partial charge in [0.25, 0.3) is 11.6 Å². The number of non-ortho nitro benzene ring substituents is 1. The number of ether oxygens (including phenoxy) is 1. The first-order valence-corrected chi connectivity index (χ1v) is 9.87. The summed E-state index contributed by atoms with van der Waals surface area (Å²) in [7, 11) is 0. The molecule has 3 aromatic rings.